The molecular weight excluding hydrogens is 84.9 g/mol. The molecular formula is CHBNOS. The van der Waals surface area contributed by atoms with E-state index in [1.54, 1.807) is 6.76 Å². The monoisotopic (exact) mass is 86.0 g/mol. The van der Waals surface area contributed by atoms with E-state index in [2.05, 4.69) is 9.05 Å². The van der Waals surface area contributed by atoms with Crippen molar-refractivity contribution in [2.24, 2.45) is 4.40 Å². The van der Waals surface area contributed by atoms with E-state index in [0.717, 1.165) is 0 Å². The minimum atomic E-state index is 1.30. The van der Waals surface area contributed by atoms with Crippen LogP contribution in [-0.2, 0) is 4.65 Å². The molecule has 25 valence electrons. The second kappa shape index (κ2) is 1.35. The van der Waals surface area contributed by atoms with Crippen LogP contribution >= 0.6 is 11.8 Å². The van der Waals surface area contributed by atoms with Crippen LogP contribution in [0.3, 0.4) is 0 Å². The topological polar surface area (TPSA) is 21.6 Å². The zero-order valence-electron chi connectivity index (χ0n) is 2.42. The van der Waals surface area contributed by atoms with Crippen molar-refractivity contribution in [3.05, 3.63) is 0 Å². The lowest BCUT2D eigenvalue weighted by Gasteiger charge is -1.71. The second-order valence-corrected chi connectivity index (χ2v) is 1.16. The molecule has 0 aromatic heterocycles. The average molecular weight is 85.9 g/mol. The van der Waals surface area contributed by atoms with Crippen LogP contribution in [0.25, 0.3) is 0 Å². The Morgan fingerprint density at radius 1 is 2.00 bits per heavy atom. The molecule has 0 spiro atoms. The minimum absolute atomic E-state index is 1.30. The first-order chi connectivity index (χ1) is 2.50. The summed E-state index contributed by atoms with van der Waals surface area (Å²) in [5.74, 6) is 0. The molecule has 5 heavy (non-hydrogen) atoms. The van der Waals surface area contributed by atoms with E-state index in [-0.39, 0.29) is 0 Å². The fourth-order valence-corrected chi connectivity index (χ4v) is 0.373. The van der Waals surface area contributed by atoms with Crippen LogP contribution in [0.15, 0.2) is 4.40 Å². The molecule has 0 aliphatic carbocycles. The van der Waals surface area contributed by atoms with E-state index in [9.17, 15) is 0 Å². The standard InChI is InChI=1S/CHBNOS/c1-3-5-2-4-1/h1H. The molecule has 0 bridgehead atoms. The van der Waals surface area contributed by atoms with Crippen LogP contribution in [0.1, 0.15) is 0 Å². The fourth-order valence-electron chi connectivity index (χ4n) is 0.124. The number of rotatable bonds is 0. The van der Waals surface area contributed by atoms with Crippen LogP contribution in [0.4, 0.5) is 0 Å². The summed E-state index contributed by atoms with van der Waals surface area (Å²) >= 11 is 1.30. The molecule has 0 fully saturated rings. The van der Waals surface area contributed by atoms with Gasteiger partial charge in [-0.15, -0.1) is 0 Å². The summed E-state index contributed by atoms with van der Waals surface area (Å²) in [6, 6.07) is 0. The number of hydrogen-bond acceptors (Lipinski definition) is 3. The van der Waals surface area contributed by atoms with Gasteiger partial charge in [-0.2, -0.15) is 4.40 Å². The van der Waals surface area contributed by atoms with Crippen molar-refractivity contribution in [1.29, 1.82) is 0 Å². The summed E-state index contributed by atoms with van der Waals surface area (Å²) in [6.07, 6.45) is 1.39. The second-order valence-electron chi connectivity index (χ2n) is 0.549. The van der Waals surface area contributed by atoms with Gasteiger partial charge in [-0.1, -0.05) is 0 Å². The third kappa shape index (κ3) is 0.578. The number of hydrogen-bond donors (Lipinski definition) is 0. The van der Waals surface area contributed by atoms with Gasteiger partial charge in [0.25, 0.3) is 0 Å². The van der Waals surface area contributed by atoms with Gasteiger partial charge in [0.05, 0.1) is 0 Å². The van der Waals surface area contributed by atoms with Gasteiger partial charge < -0.3 is 4.65 Å². The summed E-state index contributed by atoms with van der Waals surface area (Å²) in [7, 11) is 0. The molecule has 0 N–H and O–H groups in total. The van der Waals surface area contributed by atoms with Crippen molar-refractivity contribution in [2.45, 2.75) is 0 Å². The van der Waals surface area contributed by atoms with Crippen LogP contribution in [0, 0.1) is 0 Å². The van der Waals surface area contributed by atoms with Crippen LogP contribution < -0.4 is 0 Å². The Kier molecular flexibility index (Phi) is 0.837. The van der Waals surface area contributed by atoms with Gasteiger partial charge in [0.1, 0.15) is 0 Å². The Hall–Kier alpha value is -0.115. The molecule has 1 heterocycles. The summed E-state index contributed by atoms with van der Waals surface area (Å²) in [5.41, 5.74) is 0. The summed E-state index contributed by atoms with van der Waals surface area (Å²) in [4.78, 5) is 0. The lowest BCUT2D eigenvalue weighted by molar-refractivity contribution is 0.643. The predicted octanol–water partition coefficient (Wildman–Crippen LogP) is 0.227. The summed E-state index contributed by atoms with van der Waals surface area (Å²) in [5, 5.41) is 0. The van der Waals surface area contributed by atoms with E-state index < -0.39 is 0 Å². The number of nitrogens with zero attached hydrogens (tertiary/aromatic N) is 1. The molecule has 1 aliphatic heterocycles. The lowest BCUT2D eigenvalue weighted by atomic mass is 10.6. The van der Waals surface area contributed by atoms with Gasteiger partial charge in [-0.05, 0) is 11.8 Å². The Balaban J connectivity index is 2.32. The molecule has 0 atom stereocenters. The maximum atomic E-state index is 4.49. The normalized spacial score (nSPS) is 17.6. The van der Waals surface area contributed by atoms with Gasteiger partial charge in [-0.25, -0.2) is 0 Å². The fraction of sp³-hybridized carbons (Fsp3) is 0. The molecule has 0 unspecified atom stereocenters. The van der Waals surface area contributed by atoms with E-state index in [4.69, 9.17) is 0 Å². The van der Waals surface area contributed by atoms with Crippen LogP contribution in [0.2, 0.25) is 0 Å². The van der Waals surface area contributed by atoms with Gasteiger partial charge in [0, 0.05) is 0 Å². The smallest absolute Gasteiger partial charge is 0.476 e. The van der Waals surface area contributed by atoms with Gasteiger partial charge in [0.2, 0.25) is 0 Å². The quantitative estimate of drug-likeness (QED) is 0.310. The SMILES string of the molecule is [B]1OC=NS1. The highest BCUT2D eigenvalue weighted by molar-refractivity contribution is 8.21. The molecule has 4 heteroatoms. The largest absolute Gasteiger partial charge is 0.543 e. The van der Waals surface area contributed by atoms with E-state index in [1.165, 1.54) is 18.2 Å². The molecule has 0 aromatic rings. The summed E-state index contributed by atoms with van der Waals surface area (Å²) in [6.45, 7) is 1.56. The van der Waals surface area contributed by atoms with E-state index >= 15 is 0 Å². The van der Waals surface area contributed by atoms with Crippen molar-refractivity contribution in [3.63, 3.8) is 0 Å². The maximum Gasteiger partial charge on any atom is 0.476 e. The summed E-state index contributed by atoms with van der Waals surface area (Å²) < 4.78 is 8.09. The highest BCUT2D eigenvalue weighted by Crippen LogP contribution is 2.01. The molecule has 1 radical (unpaired) electrons. The first-order valence-corrected chi connectivity index (χ1v) is 1.98. The molecule has 0 amide bonds. The van der Waals surface area contributed by atoms with E-state index in [1.807, 2.05) is 0 Å². The van der Waals surface area contributed by atoms with Gasteiger partial charge in [-0.3, -0.25) is 0 Å². The minimum Gasteiger partial charge on any atom is -0.543 e. The van der Waals surface area contributed by atoms with Crippen molar-refractivity contribution in [2.75, 3.05) is 0 Å². The Bertz CT molecular complexity index is 49.6. The molecule has 1 rings (SSSR count). The predicted molar refractivity (Wildman–Crippen MR) is 22.9 cm³/mol. The first-order valence-electron chi connectivity index (χ1n) is 1.15. The average Bonchev–Trinajstić information content (AvgIpc) is 1.76. The molecule has 0 saturated heterocycles. The van der Waals surface area contributed by atoms with E-state index in [0.29, 0.717) is 0 Å². The zero-order valence-corrected chi connectivity index (χ0v) is 3.23. The Morgan fingerprint density at radius 2 is 3.00 bits per heavy atom. The third-order valence-corrected chi connectivity index (χ3v) is 0.668. The van der Waals surface area contributed by atoms with Crippen molar-refractivity contribution >= 4 is 25.0 Å². The van der Waals surface area contributed by atoms with Gasteiger partial charge in [0.15, 0.2) is 6.40 Å². The van der Waals surface area contributed by atoms with Crippen LogP contribution in [0.5, 0.6) is 0 Å². The first kappa shape index (κ1) is 3.09. The molecule has 1 aliphatic rings. The zero-order chi connectivity index (χ0) is 3.54. The molecule has 0 aromatic carbocycles. The van der Waals surface area contributed by atoms with Crippen molar-refractivity contribution in [3.8, 4) is 0 Å². The third-order valence-electron chi connectivity index (χ3n) is 0.263. The Labute approximate surface area is 34.9 Å². The van der Waals surface area contributed by atoms with Crippen LogP contribution in [-0.4, -0.2) is 13.2 Å². The van der Waals surface area contributed by atoms with Gasteiger partial charge >= 0.3 is 6.76 Å². The molecule has 0 saturated carbocycles. The van der Waals surface area contributed by atoms with Crippen molar-refractivity contribution < 1.29 is 4.65 Å². The maximum absolute atomic E-state index is 4.49. The highest BCUT2D eigenvalue weighted by Gasteiger charge is 1.93. The molecule has 2 nitrogen and oxygen atoms in total. The lowest BCUT2D eigenvalue weighted by Crippen LogP contribution is -1.77. The van der Waals surface area contributed by atoms with Crippen molar-refractivity contribution in [1.82, 2.24) is 0 Å². The highest BCUT2D eigenvalue weighted by atomic mass is 32.2. The Morgan fingerprint density at radius 3 is 3.20 bits per heavy atom.